The van der Waals surface area contributed by atoms with Crippen LogP contribution in [0.2, 0.25) is 0 Å². The van der Waals surface area contributed by atoms with E-state index in [4.69, 9.17) is 4.42 Å². The monoisotopic (exact) mass is 318 g/mol. The predicted octanol–water partition coefficient (Wildman–Crippen LogP) is 4.98. The maximum absolute atomic E-state index is 12.4. The van der Waals surface area contributed by atoms with Crippen molar-refractivity contribution in [3.63, 3.8) is 0 Å². The second-order valence-corrected chi connectivity index (χ2v) is 5.03. The van der Waals surface area contributed by atoms with Crippen LogP contribution < -0.4 is 0 Å². The van der Waals surface area contributed by atoms with E-state index in [0.717, 1.165) is 23.3 Å². The summed E-state index contributed by atoms with van der Waals surface area (Å²) in [6.45, 7) is 0. The highest BCUT2D eigenvalue weighted by molar-refractivity contribution is 9.09. The number of benzene rings is 1. The average molecular weight is 319 g/mol. The summed E-state index contributed by atoms with van der Waals surface area (Å²) in [7, 11) is 0. The summed E-state index contributed by atoms with van der Waals surface area (Å²) in [5, 5.41) is 0. The van der Waals surface area contributed by atoms with Crippen LogP contribution in [0, 0.1) is 0 Å². The smallest absolute Gasteiger partial charge is 0.416 e. The Morgan fingerprint density at radius 3 is 2.28 bits per heavy atom. The lowest BCUT2D eigenvalue weighted by Gasteiger charge is -2.10. The lowest BCUT2D eigenvalue weighted by atomic mass is 10.0. The Kier molecular flexibility index (Phi) is 3.80. The maximum atomic E-state index is 12.4. The maximum Gasteiger partial charge on any atom is 0.416 e. The predicted molar refractivity (Wildman–Crippen MR) is 65.5 cm³/mol. The van der Waals surface area contributed by atoms with Gasteiger partial charge in [0.1, 0.15) is 0 Å². The Balaban J connectivity index is 2.07. The summed E-state index contributed by atoms with van der Waals surface area (Å²) in [5.41, 5.74) is 1.18. The molecule has 0 aliphatic rings. The molecule has 2 rings (SSSR count). The second-order valence-electron chi connectivity index (χ2n) is 3.92. The van der Waals surface area contributed by atoms with Gasteiger partial charge in [-0.05, 0) is 30.2 Å². The van der Waals surface area contributed by atoms with Crippen LogP contribution >= 0.6 is 15.9 Å². The van der Waals surface area contributed by atoms with Crippen molar-refractivity contribution >= 4 is 15.9 Å². The van der Waals surface area contributed by atoms with Gasteiger partial charge in [-0.3, -0.25) is 0 Å². The molecular weight excluding hydrogens is 309 g/mol. The van der Waals surface area contributed by atoms with Crippen LogP contribution in [-0.2, 0) is 12.6 Å². The molecule has 0 aliphatic carbocycles. The normalized spacial score (nSPS) is 13.6. The summed E-state index contributed by atoms with van der Waals surface area (Å²) < 4.78 is 42.1. The molecule has 0 aliphatic heterocycles. The van der Waals surface area contributed by atoms with E-state index in [1.165, 1.54) is 12.1 Å². The average Bonchev–Trinajstić information content (AvgIpc) is 2.82. The van der Waals surface area contributed by atoms with Crippen LogP contribution in [0.15, 0.2) is 47.3 Å². The van der Waals surface area contributed by atoms with Gasteiger partial charge in [0.15, 0.2) is 0 Å². The zero-order valence-corrected chi connectivity index (χ0v) is 10.8. The Morgan fingerprint density at radius 2 is 1.78 bits per heavy atom. The first kappa shape index (κ1) is 13.2. The summed E-state index contributed by atoms with van der Waals surface area (Å²) in [6.07, 6.45) is -0.492. The molecule has 0 spiro atoms. The van der Waals surface area contributed by atoms with E-state index in [9.17, 15) is 13.2 Å². The molecule has 1 atom stereocenters. The first-order valence-corrected chi connectivity index (χ1v) is 6.20. The van der Waals surface area contributed by atoms with Gasteiger partial charge in [0.05, 0.1) is 18.1 Å². The third kappa shape index (κ3) is 3.16. The van der Waals surface area contributed by atoms with Crippen molar-refractivity contribution < 1.29 is 17.6 Å². The van der Waals surface area contributed by atoms with Crippen LogP contribution in [0.25, 0.3) is 0 Å². The molecule has 5 heteroatoms. The van der Waals surface area contributed by atoms with Gasteiger partial charge < -0.3 is 4.42 Å². The third-order valence-corrected chi connectivity index (χ3v) is 3.45. The topological polar surface area (TPSA) is 13.1 Å². The summed E-state index contributed by atoms with van der Waals surface area (Å²) in [4.78, 5) is 0.0352. The molecule has 0 saturated heterocycles. The fourth-order valence-corrected chi connectivity index (χ4v) is 2.24. The molecule has 96 valence electrons. The quantitative estimate of drug-likeness (QED) is 0.728. The number of halogens is 4. The molecular formula is C13H10BrF3O. The van der Waals surface area contributed by atoms with E-state index in [-0.39, 0.29) is 4.83 Å². The van der Waals surface area contributed by atoms with Crippen LogP contribution in [0.3, 0.4) is 0 Å². The largest absolute Gasteiger partial charge is 0.472 e. The van der Waals surface area contributed by atoms with Crippen LogP contribution in [-0.4, -0.2) is 0 Å². The molecule has 1 nitrogen and oxygen atoms in total. The van der Waals surface area contributed by atoms with Crippen molar-refractivity contribution in [2.75, 3.05) is 0 Å². The van der Waals surface area contributed by atoms with E-state index in [2.05, 4.69) is 15.9 Å². The molecule has 0 amide bonds. The summed E-state index contributed by atoms with van der Waals surface area (Å²) >= 11 is 3.48. The third-order valence-electron chi connectivity index (χ3n) is 2.60. The van der Waals surface area contributed by atoms with Gasteiger partial charge in [0.2, 0.25) is 0 Å². The standard InChI is InChI=1S/C13H10BrF3O/c14-12(10-5-6-18-8-10)7-9-1-3-11(4-2-9)13(15,16)17/h1-6,8,12H,7H2. The molecule has 0 fully saturated rings. The van der Waals surface area contributed by atoms with Gasteiger partial charge in [-0.1, -0.05) is 28.1 Å². The number of furan rings is 1. The van der Waals surface area contributed by atoms with Crippen molar-refractivity contribution in [3.05, 3.63) is 59.5 Å². The van der Waals surface area contributed by atoms with Gasteiger partial charge in [-0.2, -0.15) is 13.2 Å². The van der Waals surface area contributed by atoms with E-state index in [1.54, 1.807) is 12.5 Å². The molecule has 1 heterocycles. The molecule has 1 aromatic carbocycles. The zero-order chi connectivity index (χ0) is 13.2. The minimum atomic E-state index is -4.28. The summed E-state index contributed by atoms with van der Waals surface area (Å²) in [5.74, 6) is 0. The molecule has 0 radical (unpaired) electrons. The summed E-state index contributed by atoms with van der Waals surface area (Å²) in [6, 6.07) is 7.02. The molecule has 1 unspecified atom stereocenters. The van der Waals surface area contributed by atoms with E-state index in [1.807, 2.05) is 6.07 Å². The van der Waals surface area contributed by atoms with Gasteiger partial charge in [0.25, 0.3) is 0 Å². The van der Waals surface area contributed by atoms with Crippen LogP contribution in [0.1, 0.15) is 21.5 Å². The highest BCUT2D eigenvalue weighted by atomic mass is 79.9. The fourth-order valence-electron chi connectivity index (χ4n) is 1.61. The Morgan fingerprint density at radius 1 is 1.11 bits per heavy atom. The first-order valence-electron chi connectivity index (χ1n) is 5.29. The fraction of sp³-hybridized carbons (Fsp3) is 0.231. The minimum Gasteiger partial charge on any atom is -0.472 e. The van der Waals surface area contributed by atoms with Crippen molar-refractivity contribution in [1.29, 1.82) is 0 Å². The Bertz CT molecular complexity index is 488. The van der Waals surface area contributed by atoms with E-state index < -0.39 is 11.7 Å². The SMILES string of the molecule is FC(F)(F)c1ccc(CC(Br)c2ccoc2)cc1. The van der Waals surface area contributed by atoms with E-state index in [0.29, 0.717) is 6.42 Å². The van der Waals surface area contributed by atoms with Crippen LogP contribution in [0.5, 0.6) is 0 Å². The number of rotatable bonds is 3. The van der Waals surface area contributed by atoms with Crippen LogP contribution in [0.4, 0.5) is 13.2 Å². The minimum absolute atomic E-state index is 0.0352. The molecule has 1 aromatic heterocycles. The molecule has 0 saturated carbocycles. The first-order chi connectivity index (χ1) is 8.47. The Labute approximate surface area is 111 Å². The van der Waals surface area contributed by atoms with Gasteiger partial charge >= 0.3 is 6.18 Å². The second kappa shape index (κ2) is 5.18. The van der Waals surface area contributed by atoms with Crippen molar-refractivity contribution in [2.45, 2.75) is 17.4 Å². The highest BCUT2D eigenvalue weighted by Crippen LogP contribution is 2.31. The number of alkyl halides is 4. The van der Waals surface area contributed by atoms with Crippen molar-refractivity contribution in [2.24, 2.45) is 0 Å². The molecule has 0 bridgehead atoms. The zero-order valence-electron chi connectivity index (χ0n) is 9.25. The number of hydrogen-bond acceptors (Lipinski definition) is 1. The van der Waals surface area contributed by atoms with E-state index >= 15 is 0 Å². The van der Waals surface area contributed by atoms with Gasteiger partial charge in [0, 0.05) is 10.4 Å². The molecule has 0 N–H and O–H groups in total. The Hall–Kier alpha value is -1.23. The van der Waals surface area contributed by atoms with Gasteiger partial charge in [-0.25, -0.2) is 0 Å². The lowest BCUT2D eigenvalue weighted by Crippen LogP contribution is -2.04. The molecule has 18 heavy (non-hydrogen) atoms. The number of hydrogen-bond donors (Lipinski definition) is 0. The highest BCUT2D eigenvalue weighted by Gasteiger charge is 2.29. The lowest BCUT2D eigenvalue weighted by molar-refractivity contribution is -0.137. The van der Waals surface area contributed by atoms with Crippen molar-refractivity contribution in [1.82, 2.24) is 0 Å². The van der Waals surface area contributed by atoms with Crippen molar-refractivity contribution in [3.8, 4) is 0 Å². The van der Waals surface area contributed by atoms with Gasteiger partial charge in [-0.15, -0.1) is 0 Å². The molecule has 2 aromatic rings.